The molecule has 0 unspecified atom stereocenters. The number of nitrogens with zero attached hydrogens (tertiary/aromatic N) is 2. The molecule has 9 nitrogen and oxygen atoms in total. The number of rotatable bonds is 10. The van der Waals surface area contributed by atoms with E-state index in [0.29, 0.717) is 24.6 Å². The SMILES string of the molecule is Cc1cc(-c2nc3cc(CN[C@H](C(=O)OCC(C)C)[C@@H](C)O)ccc3n2CC2CCOCC2)c[nH]c1=O. The molecule has 4 rings (SSSR count). The average molecular weight is 511 g/mol. The molecule has 9 heteroatoms. The molecule has 1 aliphatic rings. The van der Waals surface area contributed by atoms with E-state index in [0.717, 1.165) is 60.6 Å². The molecule has 0 aliphatic carbocycles. The van der Waals surface area contributed by atoms with Gasteiger partial charge in [-0.15, -0.1) is 0 Å². The number of hydrogen-bond donors (Lipinski definition) is 3. The molecule has 37 heavy (non-hydrogen) atoms. The number of carbonyl (C=O) groups is 1. The van der Waals surface area contributed by atoms with Gasteiger partial charge in [0.15, 0.2) is 0 Å². The van der Waals surface area contributed by atoms with Crippen LogP contribution in [0.4, 0.5) is 0 Å². The molecule has 2 atom stereocenters. The molecular formula is C28H38N4O5. The molecule has 0 bridgehead atoms. The van der Waals surface area contributed by atoms with E-state index in [2.05, 4.69) is 20.9 Å². The van der Waals surface area contributed by atoms with Gasteiger partial charge in [0.25, 0.3) is 5.56 Å². The Balaban J connectivity index is 1.61. The highest BCUT2D eigenvalue weighted by atomic mass is 16.5. The number of ether oxygens (including phenoxy) is 2. The lowest BCUT2D eigenvalue weighted by Crippen LogP contribution is -2.45. The van der Waals surface area contributed by atoms with Crippen LogP contribution in [0.1, 0.15) is 44.7 Å². The second-order valence-electron chi connectivity index (χ2n) is 10.4. The monoisotopic (exact) mass is 510 g/mol. The first kappa shape index (κ1) is 27.0. The number of H-pyrrole nitrogens is 1. The fourth-order valence-electron chi connectivity index (χ4n) is 4.62. The standard InChI is InChI=1S/C28H38N4O5/c1-17(2)16-37-28(35)25(19(4)33)29-13-21-5-6-24-23(12-21)31-26(22-11-18(3)27(34)30-14-22)32(24)15-20-7-9-36-10-8-20/h5-6,11-12,14,17,19-20,25,29,33H,7-10,13,15-16H2,1-4H3,(H,30,34)/t19-,25+/m1/s1. The molecule has 0 radical (unpaired) electrons. The Kier molecular flexibility index (Phi) is 8.79. The van der Waals surface area contributed by atoms with Crippen LogP contribution in [0.15, 0.2) is 35.3 Å². The van der Waals surface area contributed by atoms with Gasteiger partial charge in [-0.1, -0.05) is 19.9 Å². The maximum absolute atomic E-state index is 12.5. The summed E-state index contributed by atoms with van der Waals surface area (Å²) in [5.74, 6) is 1.06. The van der Waals surface area contributed by atoms with Crippen molar-refractivity contribution in [2.45, 2.75) is 65.8 Å². The molecule has 3 heterocycles. The molecule has 2 aromatic heterocycles. The molecule has 3 N–H and O–H groups in total. The van der Waals surface area contributed by atoms with Crippen LogP contribution < -0.4 is 10.9 Å². The number of hydrogen-bond acceptors (Lipinski definition) is 7. The van der Waals surface area contributed by atoms with Crippen molar-refractivity contribution in [3.05, 3.63) is 51.9 Å². The maximum atomic E-state index is 12.5. The van der Waals surface area contributed by atoms with Crippen molar-refractivity contribution in [1.29, 1.82) is 0 Å². The summed E-state index contributed by atoms with van der Waals surface area (Å²) in [5, 5.41) is 13.3. The van der Waals surface area contributed by atoms with Gasteiger partial charge in [0.05, 0.1) is 23.7 Å². The number of benzene rings is 1. The minimum absolute atomic E-state index is 0.108. The van der Waals surface area contributed by atoms with Crippen molar-refractivity contribution >= 4 is 17.0 Å². The number of aliphatic hydroxyl groups is 1. The van der Waals surface area contributed by atoms with Gasteiger partial charge < -0.3 is 24.1 Å². The predicted octanol–water partition coefficient (Wildman–Crippen LogP) is 3.16. The van der Waals surface area contributed by atoms with Gasteiger partial charge in [-0.2, -0.15) is 0 Å². The van der Waals surface area contributed by atoms with Crippen LogP contribution in [-0.4, -0.2) is 57.6 Å². The third-order valence-electron chi connectivity index (χ3n) is 6.76. The van der Waals surface area contributed by atoms with Gasteiger partial charge in [0.1, 0.15) is 11.9 Å². The Morgan fingerprint density at radius 3 is 2.70 bits per heavy atom. The Morgan fingerprint density at radius 2 is 2.03 bits per heavy atom. The van der Waals surface area contributed by atoms with Crippen molar-refractivity contribution in [3.63, 3.8) is 0 Å². The van der Waals surface area contributed by atoms with E-state index in [-0.39, 0.29) is 11.5 Å². The van der Waals surface area contributed by atoms with E-state index >= 15 is 0 Å². The molecular weight excluding hydrogens is 472 g/mol. The van der Waals surface area contributed by atoms with Crippen LogP contribution >= 0.6 is 0 Å². The third-order valence-corrected chi connectivity index (χ3v) is 6.76. The quantitative estimate of drug-likeness (QED) is 0.359. The smallest absolute Gasteiger partial charge is 0.325 e. The molecule has 1 saturated heterocycles. The number of aromatic amines is 1. The highest BCUT2D eigenvalue weighted by molar-refractivity contribution is 5.81. The topological polar surface area (TPSA) is 118 Å². The van der Waals surface area contributed by atoms with E-state index < -0.39 is 18.1 Å². The predicted molar refractivity (Wildman–Crippen MR) is 142 cm³/mol. The van der Waals surface area contributed by atoms with Crippen LogP contribution in [0.3, 0.4) is 0 Å². The van der Waals surface area contributed by atoms with Gasteiger partial charge in [-0.3, -0.25) is 14.9 Å². The zero-order valence-electron chi connectivity index (χ0n) is 22.1. The minimum Gasteiger partial charge on any atom is -0.464 e. The van der Waals surface area contributed by atoms with Crippen molar-refractivity contribution in [1.82, 2.24) is 19.9 Å². The molecule has 1 fully saturated rings. The summed E-state index contributed by atoms with van der Waals surface area (Å²) in [4.78, 5) is 32.2. The van der Waals surface area contributed by atoms with E-state index in [1.54, 1.807) is 20.0 Å². The number of nitrogens with one attached hydrogen (secondary N) is 2. The second kappa shape index (κ2) is 12.0. The van der Waals surface area contributed by atoms with Crippen LogP contribution in [0.25, 0.3) is 22.4 Å². The number of carbonyl (C=O) groups excluding carboxylic acids is 1. The maximum Gasteiger partial charge on any atom is 0.325 e. The highest BCUT2D eigenvalue weighted by Gasteiger charge is 2.25. The summed E-state index contributed by atoms with van der Waals surface area (Å²) in [6, 6.07) is 7.12. The van der Waals surface area contributed by atoms with Gasteiger partial charge in [0, 0.05) is 43.6 Å². The average Bonchev–Trinajstić information content (AvgIpc) is 3.22. The van der Waals surface area contributed by atoms with Crippen LogP contribution in [0.2, 0.25) is 0 Å². The molecule has 1 aliphatic heterocycles. The lowest BCUT2D eigenvalue weighted by Gasteiger charge is -2.23. The number of aliphatic hydroxyl groups excluding tert-OH is 1. The Morgan fingerprint density at radius 1 is 1.27 bits per heavy atom. The number of esters is 1. The van der Waals surface area contributed by atoms with E-state index in [4.69, 9.17) is 14.5 Å². The zero-order chi connectivity index (χ0) is 26.5. The number of fused-ring (bicyclic) bond motifs is 1. The number of pyridine rings is 1. The van der Waals surface area contributed by atoms with Crippen LogP contribution in [0.5, 0.6) is 0 Å². The summed E-state index contributed by atoms with van der Waals surface area (Å²) in [6.07, 6.45) is 2.83. The molecule has 0 amide bonds. The van der Waals surface area contributed by atoms with Crippen molar-refractivity contribution in [2.24, 2.45) is 11.8 Å². The molecule has 1 aromatic carbocycles. The van der Waals surface area contributed by atoms with Crippen LogP contribution in [-0.2, 0) is 27.4 Å². The summed E-state index contributed by atoms with van der Waals surface area (Å²) in [6.45, 7) is 10.4. The van der Waals surface area contributed by atoms with E-state index in [1.165, 1.54) is 0 Å². The first-order valence-electron chi connectivity index (χ1n) is 13.1. The fraction of sp³-hybridized carbons (Fsp3) is 0.536. The molecule has 0 spiro atoms. The highest BCUT2D eigenvalue weighted by Crippen LogP contribution is 2.28. The summed E-state index contributed by atoms with van der Waals surface area (Å²) in [7, 11) is 0. The van der Waals surface area contributed by atoms with Crippen molar-refractivity contribution in [3.8, 4) is 11.4 Å². The normalized spacial score (nSPS) is 16.3. The number of imidazole rings is 1. The van der Waals surface area contributed by atoms with Crippen molar-refractivity contribution < 1.29 is 19.4 Å². The van der Waals surface area contributed by atoms with Crippen molar-refractivity contribution in [2.75, 3.05) is 19.8 Å². The molecule has 200 valence electrons. The zero-order valence-corrected chi connectivity index (χ0v) is 22.1. The van der Waals surface area contributed by atoms with Gasteiger partial charge in [0.2, 0.25) is 0 Å². The minimum atomic E-state index is -0.892. The second-order valence-corrected chi connectivity index (χ2v) is 10.4. The lowest BCUT2D eigenvalue weighted by molar-refractivity contribution is -0.150. The lowest BCUT2D eigenvalue weighted by atomic mass is 10.00. The summed E-state index contributed by atoms with van der Waals surface area (Å²) < 4.78 is 13.1. The van der Waals surface area contributed by atoms with Crippen LogP contribution in [0, 0.1) is 18.8 Å². The molecule has 0 saturated carbocycles. The fourth-order valence-corrected chi connectivity index (χ4v) is 4.62. The number of aromatic nitrogens is 3. The van der Waals surface area contributed by atoms with Gasteiger partial charge in [-0.05, 0) is 62.3 Å². The van der Waals surface area contributed by atoms with Gasteiger partial charge in [-0.25, -0.2) is 4.98 Å². The first-order chi connectivity index (χ1) is 17.7. The van der Waals surface area contributed by atoms with E-state index in [9.17, 15) is 14.7 Å². The first-order valence-corrected chi connectivity index (χ1v) is 13.1. The largest absolute Gasteiger partial charge is 0.464 e. The Labute approximate surface area is 217 Å². The molecule has 3 aromatic rings. The Bertz CT molecular complexity index is 1270. The van der Waals surface area contributed by atoms with E-state index in [1.807, 2.05) is 32.0 Å². The van der Waals surface area contributed by atoms with Gasteiger partial charge >= 0.3 is 5.97 Å². The summed E-state index contributed by atoms with van der Waals surface area (Å²) >= 11 is 0. The number of aryl methyl sites for hydroxylation is 1. The third kappa shape index (κ3) is 6.66. The summed E-state index contributed by atoms with van der Waals surface area (Å²) in [5.41, 5.74) is 4.18. The Hall–Kier alpha value is -3.01.